The van der Waals surface area contributed by atoms with Crippen molar-refractivity contribution in [1.29, 1.82) is 0 Å². The highest BCUT2D eigenvalue weighted by atomic mass is 79.9. The summed E-state index contributed by atoms with van der Waals surface area (Å²) in [5.41, 5.74) is 5.94. The first-order chi connectivity index (χ1) is 8.29. The number of halogens is 1. The molecule has 2 aromatic carbocycles. The maximum Gasteiger partial charge on any atom is 0.173 e. The lowest BCUT2D eigenvalue weighted by Gasteiger charge is -2.03. The minimum absolute atomic E-state index is 0.136. The Kier molecular flexibility index (Phi) is 2.60. The first-order valence-corrected chi connectivity index (χ1v) is 6.72. The van der Waals surface area contributed by atoms with Crippen molar-refractivity contribution in [3.8, 4) is 11.1 Å². The number of Topliss-reactive ketones (excluding diaryl/α,β-unsaturated/α-hetero) is 1. The molecule has 0 radical (unpaired) electrons. The molecule has 0 aromatic heterocycles. The fourth-order valence-electron chi connectivity index (χ4n) is 2.37. The van der Waals surface area contributed by atoms with Crippen molar-refractivity contribution in [3.05, 3.63) is 59.2 Å². The summed E-state index contributed by atoms with van der Waals surface area (Å²) < 4.78 is 0. The molecule has 0 unspecified atom stereocenters. The molecule has 0 spiro atoms. The van der Waals surface area contributed by atoms with Crippen LogP contribution in [0.2, 0.25) is 0 Å². The van der Waals surface area contributed by atoms with E-state index in [1.807, 2.05) is 18.2 Å². The Labute approximate surface area is 109 Å². The Bertz CT molecular complexity index is 602. The molecular formula is C15H11BrO. The molecule has 0 atom stereocenters. The van der Waals surface area contributed by atoms with E-state index >= 15 is 0 Å². The van der Waals surface area contributed by atoms with Crippen molar-refractivity contribution in [2.45, 2.75) is 6.42 Å². The van der Waals surface area contributed by atoms with Crippen LogP contribution >= 0.6 is 15.9 Å². The van der Waals surface area contributed by atoms with Crippen molar-refractivity contribution in [1.82, 2.24) is 0 Å². The monoisotopic (exact) mass is 286 g/mol. The quantitative estimate of drug-likeness (QED) is 0.517. The summed E-state index contributed by atoms with van der Waals surface area (Å²) in [4.78, 5) is 11.7. The zero-order valence-corrected chi connectivity index (χ0v) is 10.8. The molecule has 1 nitrogen and oxygen atoms in total. The van der Waals surface area contributed by atoms with Gasteiger partial charge in [-0.1, -0.05) is 52.3 Å². The van der Waals surface area contributed by atoms with Gasteiger partial charge in [-0.05, 0) is 34.7 Å². The second-order valence-corrected chi connectivity index (χ2v) is 4.82. The fourth-order valence-corrected chi connectivity index (χ4v) is 2.70. The Morgan fingerprint density at radius 1 is 1.06 bits per heavy atom. The predicted octanol–water partition coefficient (Wildman–Crippen LogP) is 3.84. The standard InChI is InChI=1S/C15H11BrO/c16-9-15(17)12-6-5-11-7-10-3-1-2-4-13(10)14(11)8-12/h1-6,8H,7,9H2. The van der Waals surface area contributed by atoms with E-state index < -0.39 is 0 Å². The fraction of sp³-hybridized carbons (Fsp3) is 0.133. The molecule has 1 aliphatic carbocycles. The molecule has 0 N–H and O–H groups in total. The van der Waals surface area contributed by atoms with Crippen molar-refractivity contribution in [2.75, 3.05) is 5.33 Å². The predicted molar refractivity (Wildman–Crippen MR) is 72.8 cm³/mol. The van der Waals surface area contributed by atoms with Gasteiger partial charge in [0.15, 0.2) is 5.78 Å². The van der Waals surface area contributed by atoms with Gasteiger partial charge in [0.1, 0.15) is 0 Å². The zero-order chi connectivity index (χ0) is 11.8. The van der Waals surface area contributed by atoms with Gasteiger partial charge in [-0.2, -0.15) is 0 Å². The molecule has 2 aromatic rings. The van der Waals surface area contributed by atoms with E-state index in [1.54, 1.807) is 0 Å². The summed E-state index contributed by atoms with van der Waals surface area (Å²) in [5.74, 6) is 0.136. The zero-order valence-electron chi connectivity index (χ0n) is 9.24. The molecule has 0 fully saturated rings. The third-order valence-corrected chi connectivity index (χ3v) is 3.75. The number of fused-ring (bicyclic) bond motifs is 3. The van der Waals surface area contributed by atoms with Crippen LogP contribution in [0.15, 0.2) is 42.5 Å². The van der Waals surface area contributed by atoms with Crippen LogP contribution in [0.4, 0.5) is 0 Å². The summed E-state index contributed by atoms with van der Waals surface area (Å²) in [7, 11) is 0. The number of carbonyl (C=O) groups is 1. The van der Waals surface area contributed by atoms with E-state index in [0.29, 0.717) is 5.33 Å². The Morgan fingerprint density at radius 3 is 2.65 bits per heavy atom. The highest BCUT2D eigenvalue weighted by Gasteiger charge is 2.18. The lowest BCUT2D eigenvalue weighted by molar-refractivity contribution is 0.102. The topological polar surface area (TPSA) is 17.1 Å². The van der Waals surface area contributed by atoms with Gasteiger partial charge in [0.25, 0.3) is 0 Å². The Hall–Kier alpha value is -1.41. The smallest absolute Gasteiger partial charge is 0.173 e. The second kappa shape index (κ2) is 4.11. The number of alkyl halides is 1. The number of rotatable bonds is 2. The molecule has 0 aliphatic heterocycles. The molecule has 84 valence electrons. The molecule has 0 heterocycles. The summed E-state index contributed by atoms with van der Waals surface area (Å²) in [6, 6.07) is 14.4. The molecule has 2 heteroatoms. The Morgan fingerprint density at radius 2 is 1.82 bits per heavy atom. The SMILES string of the molecule is O=C(CBr)c1ccc2c(c1)-c1ccccc1C2. The number of hydrogen-bond acceptors (Lipinski definition) is 1. The molecule has 0 bridgehead atoms. The minimum atomic E-state index is 0.136. The third-order valence-electron chi connectivity index (χ3n) is 3.24. The molecular weight excluding hydrogens is 276 g/mol. The minimum Gasteiger partial charge on any atom is -0.293 e. The number of carbonyl (C=O) groups excluding carboxylic acids is 1. The average molecular weight is 287 g/mol. The lowest BCUT2D eigenvalue weighted by atomic mass is 10.0. The van der Waals surface area contributed by atoms with Crippen molar-refractivity contribution in [2.24, 2.45) is 0 Å². The van der Waals surface area contributed by atoms with Crippen LogP contribution in [0, 0.1) is 0 Å². The molecule has 17 heavy (non-hydrogen) atoms. The number of ketones is 1. The first kappa shape index (κ1) is 10.7. The van der Waals surface area contributed by atoms with Crippen molar-refractivity contribution >= 4 is 21.7 Å². The maximum absolute atomic E-state index is 11.7. The first-order valence-electron chi connectivity index (χ1n) is 5.60. The van der Waals surface area contributed by atoms with Gasteiger partial charge in [-0.15, -0.1) is 0 Å². The Balaban J connectivity index is 2.15. The van der Waals surface area contributed by atoms with E-state index in [0.717, 1.165) is 12.0 Å². The van der Waals surface area contributed by atoms with E-state index in [2.05, 4.69) is 40.2 Å². The van der Waals surface area contributed by atoms with Crippen LogP contribution in [-0.2, 0) is 6.42 Å². The third kappa shape index (κ3) is 1.73. The summed E-state index contributed by atoms with van der Waals surface area (Å²) in [6.45, 7) is 0. The summed E-state index contributed by atoms with van der Waals surface area (Å²) in [5, 5.41) is 0.382. The second-order valence-electron chi connectivity index (χ2n) is 4.26. The average Bonchev–Trinajstić information content (AvgIpc) is 2.75. The molecule has 0 amide bonds. The van der Waals surface area contributed by atoms with E-state index in [1.165, 1.54) is 22.3 Å². The largest absolute Gasteiger partial charge is 0.293 e. The molecule has 1 aliphatic rings. The van der Waals surface area contributed by atoms with Crippen LogP contribution in [-0.4, -0.2) is 11.1 Å². The van der Waals surface area contributed by atoms with Crippen LogP contribution in [0.3, 0.4) is 0 Å². The van der Waals surface area contributed by atoms with Crippen LogP contribution in [0.5, 0.6) is 0 Å². The highest BCUT2D eigenvalue weighted by Crippen LogP contribution is 2.36. The lowest BCUT2D eigenvalue weighted by Crippen LogP contribution is -2.00. The normalized spacial score (nSPS) is 12.1. The van der Waals surface area contributed by atoms with Gasteiger partial charge < -0.3 is 0 Å². The maximum atomic E-state index is 11.7. The number of hydrogen-bond donors (Lipinski definition) is 0. The highest BCUT2D eigenvalue weighted by molar-refractivity contribution is 9.09. The summed E-state index contributed by atoms with van der Waals surface area (Å²) >= 11 is 3.21. The van der Waals surface area contributed by atoms with Gasteiger partial charge in [-0.3, -0.25) is 4.79 Å². The van der Waals surface area contributed by atoms with E-state index in [4.69, 9.17) is 0 Å². The van der Waals surface area contributed by atoms with Crippen LogP contribution in [0.25, 0.3) is 11.1 Å². The molecule has 0 saturated heterocycles. The van der Waals surface area contributed by atoms with E-state index in [-0.39, 0.29) is 5.78 Å². The summed E-state index contributed by atoms with van der Waals surface area (Å²) in [6.07, 6.45) is 0.980. The van der Waals surface area contributed by atoms with Gasteiger partial charge in [-0.25, -0.2) is 0 Å². The van der Waals surface area contributed by atoms with Gasteiger partial charge in [0.05, 0.1) is 5.33 Å². The van der Waals surface area contributed by atoms with Gasteiger partial charge in [0.2, 0.25) is 0 Å². The van der Waals surface area contributed by atoms with Crippen LogP contribution in [0.1, 0.15) is 21.5 Å². The van der Waals surface area contributed by atoms with Gasteiger partial charge >= 0.3 is 0 Å². The molecule has 0 saturated carbocycles. The number of benzene rings is 2. The van der Waals surface area contributed by atoms with Crippen molar-refractivity contribution in [3.63, 3.8) is 0 Å². The van der Waals surface area contributed by atoms with Crippen molar-refractivity contribution < 1.29 is 4.79 Å². The molecule has 3 rings (SSSR count). The van der Waals surface area contributed by atoms with Crippen LogP contribution < -0.4 is 0 Å². The van der Waals surface area contributed by atoms with Gasteiger partial charge in [0, 0.05) is 5.56 Å². The van der Waals surface area contributed by atoms with E-state index in [9.17, 15) is 4.79 Å².